The Morgan fingerprint density at radius 2 is 1.75 bits per heavy atom. The van der Waals surface area contributed by atoms with Crippen LogP contribution in [0.3, 0.4) is 0 Å². The molecule has 0 bridgehead atoms. The van der Waals surface area contributed by atoms with Gasteiger partial charge in [0.15, 0.2) is 0 Å². The molecule has 0 aliphatic rings. The molecule has 2 aromatic rings. The van der Waals surface area contributed by atoms with E-state index in [-0.39, 0.29) is 16.9 Å². The Morgan fingerprint density at radius 3 is 2.30 bits per heavy atom. The molecule has 0 amide bonds. The summed E-state index contributed by atoms with van der Waals surface area (Å²) in [6.07, 6.45) is 0. The van der Waals surface area contributed by atoms with Crippen LogP contribution in [0.15, 0.2) is 30.3 Å². The van der Waals surface area contributed by atoms with Crippen molar-refractivity contribution in [1.82, 2.24) is 0 Å². The normalized spacial score (nSPS) is 10.3. The lowest BCUT2D eigenvalue weighted by Gasteiger charge is -2.11. The average Bonchev–Trinajstić information content (AvgIpc) is 2.30. The van der Waals surface area contributed by atoms with Gasteiger partial charge in [-0.05, 0) is 30.3 Å². The van der Waals surface area contributed by atoms with Crippen LogP contribution in [0.2, 0.25) is 10.0 Å². The zero-order valence-corrected chi connectivity index (χ0v) is 11.5. The van der Waals surface area contributed by atoms with Crippen LogP contribution >= 0.6 is 23.2 Å². The number of carboxylic acids is 1. The summed E-state index contributed by atoms with van der Waals surface area (Å²) in [6, 6.07) is 6.64. The van der Waals surface area contributed by atoms with Crippen LogP contribution in [0.4, 0.5) is 21.5 Å². The highest BCUT2D eigenvalue weighted by Gasteiger charge is 2.13. The van der Waals surface area contributed by atoms with Crippen LogP contribution in [0.1, 0.15) is 10.4 Å². The molecule has 0 saturated carbocycles. The summed E-state index contributed by atoms with van der Waals surface area (Å²) < 4.78 is 13.8. The van der Waals surface area contributed by atoms with Crippen molar-refractivity contribution in [1.29, 1.82) is 0 Å². The molecule has 0 saturated heterocycles. The zero-order valence-electron chi connectivity index (χ0n) is 9.95. The molecule has 0 spiro atoms. The minimum Gasteiger partial charge on any atom is -0.478 e. The standard InChI is InChI=1S/C13H9Cl2FN2O2/c14-6-1-7(15)3-8(2-6)18-12-4-9(13(19)20)11(17)5-10(12)16/h1-5,18H,17H2,(H,19,20). The number of nitrogen functional groups attached to an aromatic ring is 1. The van der Waals surface area contributed by atoms with Crippen molar-refractivity contribution in [3.63, 3.8) is 0 Å². The van der Waals surface area contributed by atoms with Gasteiger partial charge >= 0.3 is 5.97 Å². The molecule has 20 heavy (non-hydrogen) atoms. The second-order valence-corrected chi connectivity index (χ2v) is 4.88. The quantitative estimate of drug-likeness (QED) is 0.744. The summed E-state index contributed by atoms with van der Waals surface area (Å²) in [5.74, 6) is -1.92. The second kappa shape index (κ2) is 5.56. The molecule has 0 atom stereocenters. The van der Waals surface area contributed by atoms with Gasteiger partial charge in [-0.15, -0.1) is 0 Å². The van der Waals surface area contributed by atoms with E-state index in [1.807, 2.05) is 0 Å². The first-order valence-corrected chi connectivity index (χ1v) is 6.18. The average molecular weight is 315 g/mol. The summed E-state index contributed by atoms with van der Waals surface area (Å²) in [5, 5.41) is 12.4. The number of aromatic carboxylic acids is 1. The van der Waals surface area contributed by atoms with E-state index < -0.39 is 11.8 Å². The first-order valence-electron chi connectivity index (χ1n) is 5.42. The summed E-state index contributed by atoms with van der Waals surface area (Å²) in [7, 11) is 0. The lowest BCUT2D eigenvalue weighted by molar-refractivity contribution is 0.0698. The summed E-state index contributed by atoms with van der Waals surface area (Å²) >= 11 is 11.7. The topological polar surface area (TPSA) is 75.3 Å². The SMILES string of the molecule is Nc1cc(F)c(Nc2cc(Cl)cc(Cl)c2)cc1C(=O)O. The Morgan fingerprint density at radius 1 is 1.15 bits per heavy atom. The van der Waals surface area contributed by atoms with Crippen LogP contribution in [0.5, 0.6) is 0 Å². The predicted molar refractivity (Wildman–Crippen MR) is 77.5 cm³/mol. The summed E-state index contributed by atoms with van der Waals surface area (Å²) in [5.41, 5.74) is 5.50. The van der Waals surface area contributed by atoms with Gasteiger partial charge < -0.3 is 16.2 Å². The zero-order chi connectivity index (χ0) is 14.9. The third-order valence-electron chi connectivity index (χ3n) is 2.51. The molecule has 7 heteroatoms. The van der Waals surface area contributed by atoms with E-state index in [1.54, 1.807) is 0 Å². The lowest BCUT2D eigenvalue weighted by Crippen LogP contribution is -2.05. The molecule has 4 N–H and O–H groups in total. The number of benzene rings is 2. The summed E-state index contributed by atoms with van der Waals surface area (Å²) in [4.78, 5) is 11.0. The molecule has 2 aromatic carbocycles. The molecule has 0 aromatic heterocycles. The van der Waals surface area contributed by atoms with Crippen LogP contribution in [0.25, 0.3) is 0 Å². The van der Waals surface area contributed by atoms with Crippen molar-refractivity contribution in [2.75, 3.05) is 11.1 Å². The highest BCUT2D eigenvalue weighted by molar-refractivity contribution is 6.35. The number of halogens is 3. The third-order valence-corrected chi connectivity index (χ3v) is 2.95. The van der Waals surface area contributed by atoms with Crippen molar-refractivity contribution < 1.29 is 14.3 Å². The fourth-order valence-corrected chi connectivity index (χ4v) is 2.18. The Labute approximate surface area is 123 Å². The van der Waals surface area contributed by atoms with Crippen LogP contribution in [-0.2, 0) is 0 Å². The fraction of sp³-hybridized carbons (Fsp3) is 0. The van der Waals surface area contributed by atoms with Crippen LogP contribution in [-0.4, -0.2) is 11.1 Å². The molecule has 104 valence electrons. The van der Waals surface area contributed by atoms with Crippen LogP contribution in [0, 0.1) is 5.82 Å². The van der Waals surface area contributed by atoms with Gasteiger partial charge in [-0.1, -0.05) is 23.2 Å². The highest BCUT2D eigenvalue weighted by Crippen LogP contribution is 2.28. The largest absolute Gasteiger partial charge is 0.478 e. The van der Waals surface area contributed by atoms with Crippen molar-refractivity contribution in [3.05, 3.63) is 51.8 Å². The smallest absolute Gasteiger partial charge is 0.337 e. The first-order chi connectivity index (χ1) is 9.36. The minimum absolute atomic E-state index is 0.0325. The number of carbonyl (C=O) groups is 1. The number of carboxylic acid groups (broad SMARTS) is 1. The number of hydrogen-bond acceptors (Lipinski definition) is 3. The van der Waals surface area contributed by atoms with E-state index in [1.165, 1.54) is 18.2 Å². The van der Waals surface area contributed by atoms with E-state index in [0.29, 0.717) is 15.7 Å². The molecule has 0 unspecified atom stereocenters. The number of anilines is 3. The molecule has 0 heterocycles. The minimum atomic E-state index is -1.24. The molecule has 2 rings (SSSR count). The van der Waals surface area contributed by atoms with Gasteiger partial charge in [-0.2, -0.15) is 0 Å². The Kier molecular flexibility index (Phi) is 4.01. The van der Waals surface area contributed by atoms with Gasteiger partial charge in [-0.3, -0.25) is 0 Å². The van der Waals surface area contributed by atoms with Gasteiger partial charge in [0.25, 0.3) is 0 Å². The molecule has 0 aliphatic heterocycles. The Bertz CT molecular complexity index is 672. The maximum absolute atomic E-state index is 13.8. The Hall–Kier alpha value is -1.98. The molecule has 0 fully saturated rings. The van der Waals surface area contributed by atoms with Gasteiger partial charge in [0.2, 0.25) is 0 Å². The monoisotopic (exact) mass is 314 g/mol. The van der Waals surface area contributed by atoms with Gasteiger partial charge in [0, 0.05) is 21.4 Å². The van der Waals surface area contributed by atoms with E-state index in [2.05, 4.69) is 5.32 Å². The van der Waals surface area contributed by atoms with Crippen molar-refractivity contribution >= 4 is 46.2 Å². The van der Waals surface area contributed by atoms with Crippen LogP contribution < -0.4 is 11.1 Å². The van der Waals surface area contributed by atoms with E-state index in [9.17, 15) is 9.18 Å². The van der Waals surface area contributed by atoms with Gasteiger partial charge in [0.1, 0.15) is 5.82 Å². The second-order valence-electron chi connectivity index (χ2n) is 4.01. The van der Waals surface area contributed by atoms with E-state index in [4.69, 9.17) is 34.0 Å². The highest BCUT2D eigenvalue weighted by atomic mass is 35.5. The number of nitrogens with two attached hydrogens (primary N) is 1. The summed E-state index contributed by atoms with van der Waals surface area (Å²) in [6.45, 7) is 0. The third kappa shape index (κ3) is 3.12. The maximum Gasteiger partial charge on any atom is 0.337 e. The van der Waals surface area contributed by atoms with Gasteiger partial charge in [0.05, 0.1) is 11.3 Å². The predicted octanol–water partition coefficient (Wildman–Crippen LogP) is 4.16. The molecule has 4 nitrogen and oxygen atoms in total. The lowest BCUT2D eigenvalue weighted by atomic mass is 10.1. The molecule has 0 aliphatic carbocycles. The Balaban J connectivity index is 2.42. The number of nitrogens with one attached hydrogen (secondary N) is 1. The van der Waals surface area contributed by atoms with Crippen molar-refractivity contribution in [2.24, 2.45) is 0 Å². The van der Waals surface area contributed by atoms with E-state index >= 15 is 0 Å². The fourth-order valence-electron chi connectivity index (χ4n) is 1.65. The number of hydrogen-bond donors (Lipinski definition) is 3. The van der Waals surface area contributed by atoms with E-state index in [0.717, 1.165) is 12.1 Å². The van der Waals surface area contributed by atoms with Gasteiger partial charge in [-0.25, -0.2) is 9.18 Å². The van der Waals surface area contributed by atoms with Crippen molar-refractivity contribution in [3.8, 4) is 0 Å². The number of rotatable bonds is 3. The first kappa shape index (κ1) is 14.4. The van der Waals surface area contributed by atoms with Crippen molar-refractivity contribution in [2.45, 2.75) is 0 Å². The maximum atomic E-state index is 13.8. The molecular weight excluding hydrogens is 306 g/mol. The molecule has 0 radical (unpaired) electrons. The molecular formula is C13H9Cl2FN2O2.